The van der Waals surface area contributed by atoms with Crippen LogP contribution in [0.3, 0.4) is 0 Å². The number of benzene rings is 3. The van der Waals surface area contributed by atoms with Gasteiger partial charge in [-0.05, 0) is 23.6 Å². The highest BCUT2D eigenvalue weighted by molar-refractivity contribution is 5.71. The third-order valence-electron chi connectivity index (χ3n) is 5.97. The Morgan fingerprint density at radius 3 is 1.73 bits per heavy atom. The number of quaternary nitrogens is 1. The van der Waals surface area contributed by atoms with Crippen molar-refractivity contribution in [2.24, 2.45) is 0 Å². The summed E-state index contributed by atoms with van der Waals surface area (Å²) >= 11 is 0. The first-order valence-electron chi connectivity index (χ1n) is 9.32. The average Bonchev–Trinajstić information content (AvgIpc) is 2.81. The molecule has 0 saturated heterocycles. The lowest BCUT2D eigenvalue weighted by Gasteiger charge is -2.41. The Morgan fingerprint density at radius 2 is 1.19 bits per heavy atom. The van der Waals surface area contributed by atoms with Crippen LogP contribution in [0.1, 0.15) is 29.7 Å². The molecule has 0 aromatic heterocycles. The molecule has 1 aliphatic heterocycles. The monoisotopic (exact) mass is 344 g/mol. The molecule has 3 aromatic carbocycles. The highest BCUT2D eigenvalue weighted by Crippen LogP contribution is 2.38. The Hall–Kier alpha value is -2.42. The van der Waals surface area contributed by atoms with Crippen LogP contribution in [0, 0.1) is 0 Å². The maximum absolute atomic E-state index is 11.1. The first-order valence-corrected chi connectivity index (χ1v) is 9.32. The third-order valence-corrected chi connectivity index (χ3v) is 5.97. The summed E-state index contributed by atoms with van der Waals surface area (Å²) in [6.45, 7) is 4.00. The van der Waals surface area contributed by atoms with E-state index in [4.69, 9.17) is 0 Å². The van der Waals surface area contributed by atoms with Crippen molar-refractivity contribution in [3.8, 4) is 11.1 Å². The van der Waals surface area contributed by atoms with Crippen LogP contribution in [-0.4, -0.2) is 22.7 Å². The van der Waals surface area contributed by atoms with Gasteiger partial charge in [-0.15, -0.1) is 0 Å². The molecular weight excluding hydrogens is 318 g/mol. The summed E-state index contributed by atoms with van der Waals surface area (Å²) in [5.41, 5.74) is 6.35. The van der Waals surface area contributed by atoms with E-state index in [2.05, 4.69) is 62.5 Å². The van der Waals surface area contributed by atoms with E-state index in [-0.39, 0.29) is 6.04 Å². The van der Waals surface area contributed by atoms with Crippen LogP contribution < -0.4 is 0 Å². The van der Waals surface area contributed by atoms with Gasteiger partial charge in [0.05, 0.1) is 7.05 Å². The Labute approximate surface area is 155 Å². The Bertz CT molecular complexity index is 855. The fraction of sp³-hybridized carbons (Fsp3) is 0.250. The molecule has 0 radical (unpaired) electrons. The molecular formula is C24H26NO+. The minimum atomic E-state index is -0.487. The minimum Gasteiger partial charge on any atom is -0.382 e. The van der Waals surface area contributed by atoms with Gasteiger partial charge in [-0.1, -0.05) is 78.9 Å². The van der Waals surface area contributed by atoms with Gasteiger partial charge < -0.3 is 9.59 Å². The molecule has 0 fully saturated rings. The van der Waals surface area contributed by atoms with Gasteiger partial charge in [0, 0.05) is 11.1 Å². The zero-order chi connectivity index (χ0) is 18.1. The van der Waals surface area contributed by atoms with Gasteiger partial charge in [-0.3, -0.25) is 0 Å². The summed E-state index contributed by atoms with van der Waals surface area (Å²) in [5.74, 6) is 0. The highest BCUT2D eigenvalue weighted by Gasteiger charge is 2.38. The Balaban J connectivity index is 1.77. The van der Waals surface area contributed by atoms with Crippen LogP contribution in [0.4, 0.5) is 0 Å². The minimum absolute atomic E-state index is 0.0802. The van der Waals surface area contributed by atoms with Gasteiger partial charge in [-0.2, -0.15) is 0 Å². The summed E-state index contributed by atoms with van der Waals surface area (Å²) < 4.78 is 0.782. The summed E-state index contributed by atoms with van der Waals surface area (Å²) in [6, 6.07) is 27.5. The van der Waals surface area contributed by atoms with Crippen LogP contribution in [0.25, 0.3) is 11.1 Å². The Morgan fingerprint density at radius 1 is 0.731 bits per heavy atom. The molecule has 1 aliphatic rings. The summed E-state index contributed by atoms with van der Waals surface area (Å²) in [6.07, 6.45) is -0.487. The first kappa shape index (κ1) is 17.0. The highest BCUT2D eigenvalue weighted by atomic mass is 16.3. The molecule has 2 nitrogen and oxygen atoms in total. The van der Waals surface area contributed by atoms with Crippen LogP contribution in [0.5, 0.6) is 0 Å². The number of hydrogen-bond donors (Lipinski definition) is 1. The van der Waals surface area contributed by atoms with Gasteiger partial charge in [0.25, 0.3) is 0 Å². The quantitative estimate of drug-likeness (QED) is 0.668. The molecule has 0 amide bonds. The summed E-state index contributed by atoms with van der Waals surface area (Å²) in [5, 5.41) is 11.1. The van der Waals surface area contributed by atoms with Gasteiger partial charge in [-0.25, -0.2) is 0 Å². The fourth-order valence-electron chi connectivity index (χ4n) is 4.23. The second-order valence-corrected chi connectivity index (χ2v) is 7.71. The standard InChI is InChI=1S/C24H26NO/c1-18(24(26)19-10-4-3-5-11-19)25(2)16-20-12-6-8-14-22(20)23-15-9-7-13-21(23)17-25/h3-15,18,24,26H,16-17H2,1-2H3/q+1. The molecule has 2 heteroatoms. The van der Waals surface area contributed by atoms with Gasteiger partial charge in [0.15, 0.2) is 0 Å². The van der Waals surface area contributed by atoms with E-state index < -0.39 is 6.10 Å². The van der Waals surface area contributed by atoms with Crippen molar-refractivity contribution in [2.45, 2.75) is 32.2 Å². The van der Waals surface area contributed by atoms with E-state index in [1.807, 2.05) is 30.3 Å². The predicted octanol–water partition coefficient (Wildman–Crippen LogP) is 4.94. The second-order valence-electron chi connectivity index (χ2n) is 7.71. The molecule has 0 spiro atoms. The first-order chi connectivity index (χ1) is 12.6. The molecule has 1 N–H and O–H groups in total. The number of fused-ring (bicyclic) bond motifs is 3. The van der Waals surface area contributed by atoms with Crippen molar-refractivity contribution < 1.29 is 9.59 Å². The van der Waals surface area contributed by atoms with E-state index in [0.717, 1.165) is 23.1 Å². The van der Waals surface area contributed by atoms with Gasteiger partial charge >= 0.3 is 0 Å². The molecule has 0 bridgehead atoms. The smallest absolute Gasteiger partial charge is 0.130 e. The number of rotatable bonds is 3. The third kappa shape index (κ3) is 2.96. The molecule has 0 saturated carbocycles. The molecule has 2 atom stereocenters. The van der Waals surface area contributed by atoms with E-state index in [9.17, 15) is 5.11 Å². The van der Waals surface area contributed by atoms with E-state index in [0.29, 0.717) is 0 Å². The van der Waals surface area contributed by atoms with Crippen molar-refractivity contribution in [1.82, 2.24) is 0 Å². The van der Waals surface area contributed by atoms with Crippen LogP contribution >= 0.6 is 0 Å². The van der Waals surface area contributed by atoms with Crippen LogP contribution in [0.15, 0.2) is 78.9 Å². The lowest BCUT2D eigenvalue weighted by molar-refractivity contribution is -0.960. The van der Waals surface area contributed by atoms with Crippen molar-refractivity contribution in [1.29, 1.82) is 0 Å². The van der Waals surface area contributed by atoms with E-state index in [1.165, 1.54) is 22.3 Å². The number of aliphatic hydroxyl groups is 1. The maximum Gasteiger partial charge on any atom is 0.130 e. The molecule has 3 aromatic rings. The largest absolute Gasteiger partial charge is 0.382 e. The molecule has 0 aliphatic carbocycles. The molecule has 4 rings (SSSR count). The molecule has 132 valence electrons. The lowest BCUT2D eigenvalue weighted by atomic mass is 9.97. The SMILES string of the molecule is CC(C(O)c1ccccc1)[N+]1(C)Cc2ccccc2-c2ccccc2C1. The number of likely N-dealkylation sites (N-methyl/N-ethyl adjacent to an activating group) is 1. The van der Waals surface area contributed by atoms with Gasteiger partial charge in [0.2, 0.25) is 0 Å². The average molecular weight is 344 g/mol. The van der Waals surface area contributed by atoms with Crippen molar-refractivity contribution in [3.63, 3.8) is 0 Å². The topological polar surface area (TPSA) is 20.2 Å². The van der Waals surface area contributed by atoms with Crippen LogP contribution in [-0.2, 0) is 13.1 Å². The fourth-order valence-corrected chi connectivity index (χ4v) is 4.23. The zero-order valence-corrected chi connectivity index (χ0v) is 15.5. The molecule has 26 heavy (non-hydrogen) atoms. The maximum atomic E-state index is 11.1. The number of hydrogen-bond acceptors (Lipinski definition) is 1. The lowest BCUT2D eigenvalue weighted by Crippen LogP contribution is -2.51. The predicted molar refractivity (Wildman–Crippen MR) is 106 cm³/mol. The normalized spacial score (nSPS) is 17.5. The second kappa shape index (κ2) is 6.71. The van der Waals surface area contributed by atoms with E-state index in [1.54, 1.807) is 0 Å². The van der Waals surface area contributed by atoms with Gasteiger partial charge in [0.1, 0.15) is 25.2 Å². The molecule has 2 unspecified atom stereocenters. The summed E-state index contributed by atoms with van der Waals surface area (Å²) in [7, 11) is 2.27. The van der Waals surface area contributed by atoms with Crippen LogP contribution in [0.2, 0.25) is 0 Å². The zero-order valence-electron chi connectivity index (χ0n) is 15.5. The number of aliphatic hydroxyl groups excluding tert-OH is 1. The van der Waals surface area contributed by atoms with Crippen molar-refractivity contribution in [2.75, 3.05) is 7.05 Å². The summed E-state index contributed by atoms with van der Waals surface area (Å²) in [4.78, 5) is 0. The Kier molecular flexibility index (Phi) is 4.39. The van der Waals surface area contributed by atoms with Crippen molar-refractivity contribution in [3.05, 3.63) is 95.6 Å². The molecule has 1 heterocycles. The number of nitrogens with zero attached hydrogens (tertiary/aromatic N) is 1. The van der Waals surface area contributed by atoms with Crippen molar-refractivity contribution >= 4 is 0 Å². The van der Waals surface area contributed by atoms with E-state index >= 15 is 0 Å².